The number of rotatable bonds is 7. The molecule has 0 aromatic rings. The third-order valence-electron chi connectivity index (χ3n) is 2.32. The first-order valence-electron chi connectivity index (χ1n) is 5.66. The summed E-state index contributed by atoms with van der Waals surface area (Å²) < 4.78 is 5.00. The Morgan fingerprint density at radius 2 is 1.94 bits per heavy atom. The van der Waals surface area contributed by atoms with Gasteiger partial charge in [0, 0.05) is 33.5 Å². The second kappa shape index (κ2) is 8.46. The standard InChI is InChI=1S/C11H20N2O5/c1-8(18-3)7-13(2)11(17)12-9(14)5-4-6-10(15)16/h8H,4-7H2,1-3H3,(H,15,16)(H,12,14,17). The lowest BCUT2D eigenvalue weighted by Gasteiger charge is -2.20. The van der Waals surface area contributed by atoms with Crippen LogP contribution in [0.2, 0.25) is 0 Å². The molecule has 3 amide bonds. The molecule has 0 saturated heterocycles. The highest BCUT2D eigenvalue weighted by molar-refractivity contribution is 5.94. The van der Waals surface area contributed by atoms with Gasteiger partial charge in [0.2, 0.25) is 5.91 Å². The van der Waals surface area contributed by atoms with Crippen LogP contribution in [0.15, 0.2) is 0 Å². The summed E-state index contributed by atoms with van der Waals surface area (Å²) in [7, 11) is 3.09. The fourth-order valence-electron chi connectivity index (χ4n) is 1.22. The molecule has 7 heteroatoms. The van der Waals surface area contributed by atoms with Crippen LogP contribution < -0.4 is 5.32 Å². The van der Waals surface area contributed by atoms with Crippen LogP contribution in [0.3, 0.4) is 0 Å². The minimum atomic E-state index is -0.958. The van der Waals surface area contributed by atoms with Gasteiger partial charge in [0.25, 0.3) is 0 Å². The van der Waals surface area contributed by atoms with Gasteiger partial charge in [-0.3, -0.25) is 14.9 Å². The van der Waals surface area contributed by atoms with E-state index in [0.717, 1.165) is 0 Å². The predicted molar refractivity (Wildman–Crippen MR) is 64.1 cm³/mol. The lowest BCUT2D eigenvalue weighted by Crippen LogP contribution is -2.43. The van der Waals surface area contributed by atoms with Crippen molar-refractivity contribution in [2.24, 2.45) is 0 Å². The summed E-state index contributed by atoms with van der Waals surface area (Å²) >= 11 is 0. The Morgan fingerprint density at radius 3 is 2.44 bits per heavy atom. The van der Waals surface area contributed by atoms with Crippen LogP contribution in [0, 0.1) is 0 Å². The van der Waals surface area contributed by atoms with E-state index < -0.39 is 17.9 Å². The monoisotopic (exact) mass is 260 g/mol. The zero-order chi connectivity index (χ0) is 14.1. The molecule has 0 heterocycles. The first-order chi connectivity index (χ1) is 8.36. The number of nitrogens with zero attached hydrogens (tertiary/aromatic N) is 1. The normalized spacial score (nSPS) is 11.7. The van der Waals surface area contributed by atoms with E-state index in [0.29, 0.717) is 6.54 Å². The summed E-state index contributed by atoms with van der Waals surface area (Å²) in [5.41, 5.74) is 0. The van der Waals surface area contributed by atoms with Crippen molar-refractivity contribution in [3.05, 3.63) is 0 Å². The van der Waals surface area contributed by atoms with Gasteiger partial charge in [0.15, 0.2) is 0 Å². The Hall–Kier alpha value is -1.63. The highest BCUT2D eigenvalue weighted by Gasteiger charge is 2.14. The van der Waals surface area contributed by atoms with Crippen LogP contribution in [0.4, 0.5) is 4.79 Å². The molecule has 2 N–H and O–H groups in total. The van der Waals surface area contributed by atoms with Crippen molar-refractivity contribution in [2.45, 2.75) is 32.3 Å². The predicted octanol–water partition coefficient (Wildman–Crippen LogP) is 0.444. The van der Waals surface area contributed by atoms with Gasteiger partial charge in [0.05, 0.1) is 6.10 Å². The lowest BCUT2D eigenvalue weighted by atomic mass is 10.2. The Balaban J connectivity index is 3.92. The van der Waals surface area contributed by atoms with Crippen LogP contribution in [0.5, 0.6) is 0 Å². The van der Waals surface area contributed by atoms with Gasteiger partial charge in [-0.1, -0.05) is 0 Å². The van der Waals surface area contributed by atoms with Crippen LogP contribution >= 0.6 is 0 Å². The number of hydrogen-bond donors (Lipinski definition) is 2. The summed E-state index contributed by atoms with van der Waals surface area (Å²) in [6.07, 6.45) is 0.0270. The molecule has 1 atom stereocenters. The fraction of sp³-hybridized carbons (Fsp3) is 0.727. The van der Waals surface area contributed by atoms with Crippen LogP contribution in [0.1, 0.15) is 26.2 Å². The molecule has 0 aliphatic heterocycles. The average molecular weight is 260 g/mol. The van der Waals surface area contributed by atoms with Crippen molar-refractivity contribution in [1.82, 2.24) is 10.2 Å². The van der Waals surface area contributed by atoms with E-state index >= 15 is 0 Å². The van der Waals surface area contributed by atoms with E-state index in [1.54, 1.807) is 14.0 Å². The summed E-state index contributed by atoms with van der Waals surface area (Å²) in [6, 6.07) is -0.515. The number of urea groups is 1. The number of methoxy groups -OCH3 is 1. The smallest absolute Gasteiger partial charge is 0.323 e. The molecule has 0 aliphatic carbocycles. The van der Waals surface area contributed by atoms with Gasteiger partial charge in [-0.2, -0.15) is 0 Å². The van der Waals surface area contributed by atoms with Crippen LogP contribution in [-0.2, 0) is 14.3 Å². The number of aliphatic carboxylic acids is 1. The maximum absolute atomic E-state index is 11.5. The van der Waals surface area contributed by atoms with Crippen molar-refractivity contribution >= 4 is 17.9 Å². The van der Waals surface area contributed by atoms with E-state index in [2.05, 4.69) is 5.32 Å². The van der Waals surface area contributed by atoms with E-state index in [9.17, 15) is 14.4 Å². The number of imide groups is 1. The zero-order valence-corrected chi connectivity index (χ0v) is 10.9. The fourth-order valence-corrected chi connectivity index (χ4v) is 1.22. The van der Waals surface area contributed by atoms with Gasteiger partial charge in [-0.15, -0.1) is 0 Å². The molecule has 0 spiro atoms. The number of carboxylic acids is 1. The first-order valence-corrected chi connectivity index (χ1v) is 5.66. The maximum Gasteiger partial charge on any atom is 0.323 e. The number of carbonyl (C=O) groups is 3. The van der Waals surface area contributed by atoms with E-state index in [4.69, 9.17) is 9.84 Å². The molecule has 0 aromatic heterocycles. The zero-order valence-electron chi connectivity index (χ0n) is 10.9. The summed E-state index contributed by atoms with van der Waals surface area (Å²) in [4.78, 5) is 34.4. The highest BCUT2D eigenvalue weighted by atomic mass is 16.5. The van der Waals surface area contributed by atoms with Crippen LogP contribution in [-0.4, -0.2) is 54.7 Å². The number of nitrogens with one attached hydrogen (secondary N) is 1. The average Bonchev–Trinajstić information content (AvgIpc) is 2.27. The largest absolute Gasteiger partial charge is 0.481 e. The third-order valence-corrected chi connectivity index (χ3v) is 2.32. The van der Waals surface area contributed by atoms with Crippen LogP contribution in [0.25, 0.3) is 0 Å². The van der Waals surface area contributed by atoms with Gasteiger partial charge in [-0.05, 0) is 13.3 Å². The molecule has 0 bridgehead atoms. The SMILES string of the molecule is COC(C)CN(C)C(=O)NC(=O)CCCC(=O)O. The molecule has 1 unspecified atom stereocenters. The second-order valence-corrected chi connectivity index (χ2v) is 4.03. The molecule has 18 heavy (non-hydrogen) atoms. The minimum Gasteiger partial charge on any atom is -0.481 e. The second-order valence-electron chi connectivity index (χ2n) is 4.03. The molecule has 104 valence electrons. The Labute approximate surface area is 106 Å². The van der Waals surface area contributed by atoms with Crippen molar-refractivity contribution in [3.63, 3.8) is 0 Å². The van der Waals surface area contributed by atoms with E-state index in [1.165, 1.54) is 12.0 Å². The molecule has 0 aliphatic rings. The Kier molecular flexibility index (Phi) is 7.69. The molecule has 0 rings (SSSR count). The first kappa shape index (κ1) is 16.4. The van der Waals surface area contributed by atoms with Crippen molar-refractivity contribution < 1.29 is 24.2 Å². The van der Waals surface area contributed by atoms with Crippen molar-refractivity contribution in [3.8, 4) is 0 Å². The van der Waals surface area contributed by atoms with Crippen molar-refractivity contribution in [2.75, 3.05) is 20.7 Å². The molecule has 7 nitrogen and oxygen atoms in total. The molecular formula is C11H20N2O5. The molecular weight excluding hydrogens is 240 g/mol. The minimum absolute atomic E-state index is 0.0196. The highest BCUT2D eigenvalue weighted by Crippen LogP contribution is 1.97. The number of hydrogen-bond acceptors (Lipinski definition) is 4. The maximum atomic E-state index is 11.5. The molecule has 0 radical (unpaired) electrons. The van der Waals surface area contributed by atoms with E-state index in [-0.39, 0.29) is 25.4 Å². The van der Waals surface area contributed by atoms with Gasteiger partial charge >= 0.3 is 12.0 Å². The number of likely N-dealkylation sites (N-methyl/N-ethyl adjacent to an activating group) is 1. The van der Waals surface area contributed by atoms with E-state index in [1.807, 2.05) is 0 Å². The quantitative estimate of drug-likeness (QED) is 0.692. The topological polar surface area (TPSA) is 95.9 Å². The summed E-state index contributed by atoms with van der Waals surface area (Å²) in [5.74, 6) is -1.43. The molecule has 0 fully saturated rings. The number of ether oxygens (including phenoxy) is 1. The lowest BCUT2D eigenvalue weighted by molar-refractivity contribution is -0.137. The number of carbonyl (C=O) groups excluding carboxylic acids is 2. The Bertz CT molecular complexity index is 306. The summed E-state index contributed by atoms with van der Waals surface area (Å²) in [5, 5.41) is 10.6. The number of amides is 3. The van der Waals surface area contributed by atoms with Crippen molar-refractivity contribution in [1.29, 1.82) is 0 Å². The third kappa shape index (κ3) is 7.61. The molecule has 0 saturated carbocycles. The Morgan fingerprint density at radius 1 is 1.33 bits per heavy atom. The summed E-state index contributed by atoms with van der Waals surface area (Å²) in [6.45, 7) is 2.17. The van der Waals surface area contributed by atoms with Gasteiger partial charge in [-0.25, -0.2) is 4.79 Å². The molecule has 0 aromatic carbocycles. The van der Waals surface area contributed by atoms with Gasteiger partial charge in [0.1, 0.15) is 0 Å². The number of carboxylic acid groups (broad SMARTS) is 1. The van der Waals surface area contributed by atoms with Gasteiger partial charge < -0.3 is 14.7 Å².